The lowest BCUT2D eigenvalue weighted by Gasteiger charge is -2.31. The summed E-state index contributed by atoms with van der Waals surface area (Å²) in [5.41, 5.74) is -1.71. The van der Waals surface area contributed by atoms with Gasteiger partial charge in [0.1, 0.15) is 22.6 Å². The topological polar surface area (TPSA) is 98.8 Å². The van der Waals surface area contributed by atoms with Crippen LogP contribution in [0.25, 0.3) is 10.9 Å². The fraction of sp³-hybridized carbons (Fsp3) is 0.414. The Kier molecular flexibility index (Phi) is 4.51. The van der Waals surface area contributed by atoms with Crippen molar-refractivity contribution in [2.24, 2.45) is 16.7 Å². The van der Waals surface area contributed by atoms with Crippen LogP contribution in [0.3, 0.4) is 0 Å². The first-order valence-corrected chi connectivity index (χ1v) is 12.8. The Balaban J connectivity index is 1.03. The molecule has 0 radical (unpaired) electrons. The molecule has 8 nitrogen and oxygen atoms in total. The van der Waals surface area contributed by atoms with Gasteiger partial charge in [-0.05, 0) is 55.7 Å². The van der Waals surface area contributed by atoms with Gasteiger partial charge >= 0.3 is 0 Å². The molecule has 1 spiro atoms. The molecule has 2 aromatic carbocycles. The third-order valence-electron chi connectivity index (χ3n) is 9.47. The maximum absolute atomic E-state index is 14.6. The Hall–Kier alpha value is -3.88. The number of halogens is 1. The minimum atomic E-state index is -1.11. The van der Waals surface area contributed by atoms with E-state index in [1.807, 2.05) is 13.0 Å². The summed E-state index contributed by atoms with van der Waals surface area (Å²) in [6.07, 6.45) is 3.71. The second kappa shape index (κ2) is 7.36. The molecule has 7 rings (SSSR count). The molecule has 2 amide bonds. The molecule has 196 valence electrons. The van der Waals surface area contributed by atoms with E-state index in [1.165, 1.54) is 0 Å². The van der Waals surface area contributed by atoms with Crippen molar-refractivity contribution in [2.45, 2.75) is 43.8 Å². The number of benzene rings is 2. The molecule has 2 N–H and O–H groups in total. The second-order valence-corrected chi connectivity index (χ2v) is 11.1. The average molecular weight is 518 g/mol. The van der Waals surface area contributed by atoms with Gasteiger partial charge in [0.2, 0.25) is 11.8 Å². The monoisotopic (exact) mass is 517 g/mol. The second-order valence-electron chi connectivity index (χ2n) is 11.1. The van der Waals surface area contributed by atoms with E-state index >= 15 is 0 Å². The number of nitrogens with zero attached hydrogens (tertiary/aromatic N) is 1. The minimum absolute atomic E-state index is 0.00462. The summed E-state index contributed by atoms with van der Waals surface area (Å²) in [5.74, 6) is 1.70. The quantitative estimate of drug-likeness (QED) is 0.418. The number of alkyl halides is 1. The van der Waals surface area contributed by atoms with Crippen molar-refractivity contribution in [3.63, 3.8) is 0 Å². The molecule has 0 saturated heterocycles. The third kappa shape index (κ3) is 2.87. The SMILES string of the molecule is COc1cc2nccc(Oc3ccc(NC(=O)C4(C(=O)NC56CC7(F)[C@@H](C)C57C6)CC4)cc3)c2cc1OC. The van der Waals surface area contributed by atoms with Gasteiger partial charge in [0.25, 0.3) is 0 Å². The smallest absolute Gasteiger partial charge is 0.240 e. The van der Waals surface area contributed by atoms with Gasteiger partial charge in [-0.3, -0.25) is 14.6 Å². The van der Waals surface area contributed by atoms with Gasteiger partial charge in [-0.1, -0.05) is 6.92 Å². The van der Waals surface area contributed by atoms with E-state index in [-0.39, 0.29) is 23.1 Å². The van der Waals surface area contributed by atoms with E-state index < -0.39 is 16.6 Å². The Morgan fingerprint density at radius 1 is 0.974 bits per heavy atom. The summed E-state index contributed by atoms with van der Waals surface area (Å²) < 4.78 is 31.5. The summed E-state index contributed by atoms with van der Waals surface area (Å²) in [6, 6.07) is 12.3. The molecule has 4 atom stereocenters. The Bertz CT molecular complexity index is 1520. The molecule has 4 aliphatic carbocycles. The number of carbonyl (C=O) groups is 2. The van der Waals surface area contributed by atoms with Crippen molar-refractivity contribution in [1.29, 1.82) is 0 Å². The van der Waals surface area contributed by atoms with Crippen LogP contribution in [-0.4, -0.2) is 42.2 Å². The number of nitrogens with one attached hydrogen (secondary N) is 2. The molecule has 4 aliphatic rings. The van der Waals surface area contributed by atoms with Crippen molar-refractivity contribution in [3.8, 4) is 23.0 Å². The molecule has 4 saturated carbocycles. The van der Waals surface area contributed by atoms with Gasteiger partial charge in [-0.15, -0.1) is 0 Å². The van der Waals surface area contributed by atoms with Crippen LogP contribution in [0.1, 0.15) is 32.6 Å². The molecule has 4 fully saturated rings. The first kappa shape index (κ1) is 23.3. The number of pyridine rings is 1. The van der Waals surface area contributed by atoms with E-state index in [4.69, 9.17) is 14.2 Å². The van der Waals surface area contributed by atoms with Crippen LogP contribution in [0.5, 0.6) is 23.0 Å². The third-order valence-corrected chi connectivity index (χ3v) is 9.47. The van der Waals surface area contributed by atoms with Crippen LogP contribution in [0.4, 0.5) is 10.1 Å². The number of carbonyl (C=O) groups excluding carboxylic acids is 2. The maximum Gasteiger partial charge on any atom is 0.240 e. The van der Waals surface area contributed by atoms with E-state index in [9.17, 15) is 14.0 Å². The number of fused-ring (bicyclic) bond motifs is 1. The van der Waals surface area contributed by atoms with Gasteiger partial charge < -0.3 is 24.8 Å². The number of aromatic nitrogens is 1. The molecule has 3 unspecified atom stereocenters. The predicted octanol–water partition coefficient (Wildman–Crippen LogP) is 4.77. The largest absolute Gasteiger partial charge is 0.493 e. The summed E-state index contributed by atoms with van der Waals surface area (Å²) in [6.45, 7) is 1.92. The predicted molar refractivity (Wildman–Crippen MR) is 137 cm³/mol. The van der Waals surface area contributed by atoms with E-state index in [2.05, 4.69) is 15.6 Å². The minimum Gasteiger partial charge on any atom is -0.493 e. The number of rotatable bonds is 8. The highest BCUT2D eigenvalue weighted by molar-refractivity contribution is 6.13. The highest BCUT2D eigenvalue weighted by Crippen LogP contribution is 2.95. The summed E-state index contributed by atoms with van der Waals surface area (Å²) >= 11 is 0. The molecular weight excluding hydrogens is 489 g/mol. The number of anilines is 1. The number of ether oxygens (including phenoxy) is 3. The fourth-order valence-corrected chi connectivity index (χ4v) is 6.92. The van der Waals surface area contributed by atoms with Crippen LogP contribution < -0.4 is 24.8 Å². The lowest BCUT2D eigenvalue weighted by atomic mass is 9.89. The molecule has 38 heavy (non-hydrogen) atoms. The van der Waals surface area contributed by atoms with Gasteiger partial charge in [0.15, 0.2) is 11.5 Å². The van der Waals surface area contributed by atoms with Crippen LogP contribution in [0.2, 0.25) is 0 Å². The van der Waals surface area contributed by atoms with Crippen molar-refractivity contribution >= 4 is 28.4 Å². The average Bonchev–Trinajstić information content (AvgIpc) is 3.85. The van der Waals surface area contributed by atoms with Crippen molar-refractivity contribution in [2.75, 3.05) is 19.5 Å². The summed E-state index contributed by atoms with van der Waals surface area (Å²) in [5, 5.41) is 6.70. The zero-order valence-electron chi connectivity index (χ0n) is 21.4. The van der Waals surface area contributed by atoms with Gasteiger partial charge in [0.05, 0.1) is 25.3 Å². The summed E-state index contributed by atoms with van der Waals surface area (Å²) in [4.78, 5) is 30.6. The van der Waals surface area contributed by atoms with Crippen molar-refractivity contribution in [3.05, 3.63) is 48.7 Å². The Morgan fingerprint density at radius 3 is 2.26 bits per heavy atom. The molecular formula is C29H28FN3O5. The standard InChI is InChI=1S/C29H28FN3O5/c1-16-28-14-27(28,15-29(16,28)30)33-25(35)26(9-10-26)24(34)32-17-4-6-18(7-5-17)38-21-8-11-31-20-13-23(37-3)22(36-2)12-19(20)21/h4-8,11-13,16H,9-10,14-15H2,1-3H3,(H,32,34)(H,33,35)/t16-,27?,28?,29?/m0/s1. The first-order chi connectivity index (χ1) is 18.2. The molecule has 0 bridgehead atoms. The van der Waals surface area contributed by atoms with Crippen LogP contribution >= 0.6 is 0 Å². The van der Waals surface area contributed by atoms with Crippen LogP contribution in [0, 0.1) is 16.7 Å². The van der Waals surface area contributed by atoms with Crippen molar-refractivity contribution < 1.29 is 28.2 Å². The molecule has 0 aliphatic heterocycles. The van der Waals surface area contributed by atoms with E-state index in [1.54, 1.807) is 56.8 Å². The Labute approximate surface area is 218 Å². The normalized spacial score (nSPS) is 30.7. The number of hydrogen-bond acceptors (Lipinski definition) is 6. The molecule has 1 heterocycles. The van der Waals surface area contributed by atoms with Crippen LogP contribution in [-0.2, 0) is 9.59 Å². The highest BCUT2D eigenvalue weighted by Gasteiger charge is 3.03. The zero-order valence-corrected chi connectivity index (χ0v) is 21.4. The zero-order chi connectivity index (χ0) is 26.5. The molecule has 9 heteroatoms. The van der Waals surface area contributed by atoms with Crippen molar-refractivity contribution in [1.82, 2.24) is 10.3 Å². The lowest BCUT2D eigenvalue weighted by Crippen LogP contribution is -2.52. The Morgan fingerprint density at radius 2 is 1.68 bits per heavy atom. The number of hydrogen-bond donors (Lipinski definition) is 2. The highest BCUT2D eigenvalue weighted by atomic mass is 19.1. The lowest BCUT2D eigenvalue weighted by molar-refractivity contribution is -0.135. The van der Waals surface area contributed by atoms with E-state index in [0.29, 0.717) is 59.9 Å². The van der Waals surface area contributed by atoms with Gasteiger partial charge in [0, 0.05) is 41.1 Å². The number of amides is 2. The molecule has 1 aromatic heterocycles. The number of methoxy groups -OCH3 is 2. The van der Waals surface area contributed by atoms with E-state index in [0.717, 1.165) is 5.39 Å². The fourth-order valence-electron chi connectivity index (χ4n) is 6.92. The van der Waals surface area contributed by atoms with Gasteiger partial charge in [-0.25, -0.2) is 4.39 Å². The molecule has 3 aromatic rings. The maximum atomic E-state index is 14.6. The van der Waals surface area contributed by atoms with Crippen LogP contribution in [0.15, 0.2) is 48.7 Å². The first-order valence-electron chi connectivity index (χ1n) is 12.8. The summed E-state index contributed by atoms with van der Waals surface area (Å²) in [7, 11) is 3.14. The van der Waals surface area contributed by atoms with Gasteiger partial charge in [-0.2, -0.15) is 0 Å².